The molecule has 38 heavy (non-hydrogen) atoms. The molecule has 0 N–H and O–H groups in total. The van der Waals surface area contributed by atoms with Gasteiger partial charge in [0, 0.05) is 12.2 Å². The summed E-state index contributed by atoms with van der Waals surface area (Å²) in [6.45, 7) is 4.27. The van der Waals surface area contributed by atoms with E-state index in [1.807, 2.05) is 48.5 Å². The number of nitrogens with zero attached hydrogens (tertiary/aromatic N) is 3. The van der Waals surface area contributed by atoms with Crippen LogP contribution in [0.4, 0.5) is 11.4 Å². The molecule has 0 spiro atoms. The Bertz CT molecular complexity index is 1380. The predicted octanol–water partition coefficient (Wildman–Crippen LogP) is 3.59. The molecule has 3 amide bonds. The van der Waals surface area contributed by atoms with Gasteiger partial charge in [-0.25, -0.2) is 4.90 Å². The average Bonchev–Trinajstić information content (AvgIpc) is 3.42. The van der Waals surface area contributed by atoms with Crippen molar-refractivity contribution in [1.29, 1.82) is 0 Å². The molecule has 0 unspecified atom stereocenters. The van der Waals surface area contributed by atoms with Crippen LogP contribution in [0.2, 0.25) is 0 Å². The molecule has 192 valence electrons. The molecule has 3 saturated heterocycles. The zero-order valence-electron chi connectivity index (χ0n) is 20.8. The molecule has 8 heteroatoms. The Kier molecular flexibility index (Phi) is 6.06. The van der Waals surface area contributed by atoms with E-state index in [1.54, 1.807) is 59.5 Å². The Morgan fingerprint density at radius 3 is 2.11 bits per heavy atom. The molecule has 0 bridgehead atoms. The van der Waals surface area contributed by atoms with Crippen molar-refractivity contribution in [2.75, 3.05) is 16.9 Å². The Balaban J connectivity index is 1.41. The second-order valence-electron chi connectivity index (χ2n) is 9.61. The normalized spacial score (nSPS) is 26.9. The third kappa shape index (κ3) is 3.72. The molecule has 0 radical (unpaired) electrons. The summed E-state index contributed by atoms with van der Waals surface area (Å²) in [6, 6.07) is 24.8. The zero-order valence-corrected chi connectivity index (χ0v) is 20.8. The van der Waals surface area contributed by atoms with E-state index in [0.717, 1.165) is 5.56 Å². The van der Waals surface area contributed by atoms with Gasteiger partial charge in [0.25, 0.3) is 5.91 Å². The molecular weight excluding hydrogens is 482 g/mol. The summed E-state index contributed by atoms with van der Waals surface area (Å²) >= 11 is 0. The highest BCUT2D eigenvalue weighted by atomic mass is 16.7. The molecule has 3 heterocycles. The van der Waals surface area contributed by atoms with Crippen LogP contribution in [0.1, 0.15) is 5.56 Å². The van der Waals surface area contributed by atoms with Crippen LogP contribution >= 0.6 is 0 Å². The summed E-state index contributed by atoms with van der Waals surface area (Å²) in [5, 5.41) is 1.72. The number of carbonyl (C=O) groups excluding carboxylic acids is 3. The number of fused-ring (bicyclic) bond motifs is 1. The fraction of sp³-hybridized carbons (Fsp3) is 0.233. The number of anilines is 2. The number of amides is 3. The van der Waals surface area contributed by atoms with Crippen LogP contribution < -0.4 is 14.5 Å². The fourth-order valence-electron chi connectivity index (χ4n) is 5.80. The number of β-lactam (4-membered cyclic amide) rings is 1. The van der Waals surface area contributed by atoms with Gasteiger partial charge in [-0.15, -0.1) is 6.58 Å². The number of para-hydroxylation sites is 1. The Labute approximate surface area is 220 Å². The van der Waals surface area contributed by atoms with Crippen LogP contribution in [-0.4, -0.2) is 48.1 Å². The van der Waals surface area contributed by atoms with Gasteiger partial charge in [0.1, 0.15) is 5.75 Å². The molecule has 3 aromatic carbocycles. The van der Waals surface area contributed by atoms with Crippen LogP contribution in [0.5, 0.6) is 5.75 Å². The van der Waals surface area contributed by atoms with Gasteiger partial charge in [0.05, 0.1) is 36.7 Å². The lowest BCUT2D eigenvalue weighted by Gasteiger charge is -2.51. The first-order chi connectivity index (χ1) is 18.5. The van der Waals surface area contributed by atoms with Crippen LogP contribution in [0.3, 0.4) is 0 Å². The molecular formula is C30H27N3O5. The monoisotopic (exact) mass is 509 g/mol. The quantitative estimate of drug-likeness (QED) is 0.275. The van der Waals surface area contributed by atoms with Crippen molar-refractivity contribution in [3.05, 3.63) is 103 Å². The molecule has 3 aliphatic rings. The van der Waals surface area contributed by atoms with E-state index in [2.05, 4.69) is 6.58 Å². The number of hydroxylamine groups is 2. The van der Waals surface area contributed by atoms with E-state index in [1.165, 1.54) is 4.90 Å². The average molecular weight is 510 g/mol. The minimum Gasteiger partial charge on any atom is -0.497 e. The van der Waals surface area contributed by atoms with E-state index < -0.39 is 35.9 Å². The SMILES string of the molecule is C=C[C@H]1C(=O)N(c2ccc(OC)cc2)[C@H]1[C@H]1[C@@H]2C(=O)N(c3ccccc3)C(=O)[C@@H]2ON1Cc1ccccc1. The Morgan fingerprint density at radius 2 is 1.47 bits per heavy atom. The second kappa shape index (κ2) is 9.55. The summed E-state index contributed by atoms with van der Waals surface area (Å²) in [4.78, 5) is 49.9. The first kappa shape index (κ1) is 24.1. The summed E-state index contributed by atoms with van der Waals surface area (Å²) in [5.41, 5.74) is 2.15. The zero-order chi connectivity index (χ0) is 26.4. The maximum Gasteiger partial charge on any atom is 0.265 e. The van der Waals surface area contributed by atoms with Crippen molar-refractivity contribution >= 4 is 29.1 Å². The molecule has 0 saturated carbocycles. The summed E-state index contributed by atoms with van der Waals surface area (Å²) < 4.78 is 5.28. The number of benzene rings is 3. The first-order valence-corrected chi connectivity index (χ1v) is 12.5. The Morgan fingerprint density at radius 1 is 0.816 bits per heavy atom. The van der Waals surface area contributed by atoms with Crippen LogP contribution in [0.15, 0.2) is 97.6 Å². The largest absolute Gasteiger partial charge is 0.497 e. The lowest BCUT2D eigenvalue weighted by molar-refractivity contribution is -0.182. The van der Waals surface area contributed by atoms with Crippen molar-refractivity contribution in [2.24, 2.45) is 11.8 Å². The van der Waals surface area contributed by atoms with Gasteiger partial charge in [0.15, 0.2) is 6.10 Å². The summed E-state index contributed by atoms with van der Waals surface area (Å²) in [7, 11) is 1.58. The number of methoxy groups -OCH3 is 1. The number of rotatable bonds is 7. The molecule has 6 rings (SSSR count). The van der Waals surface area contributed by atoms with Gasteiger partial charge in [-0.05, 0) is 42.0 Å². The second-order valence-corrected chi connectivity index (χ2v) is 9.61. The highest BCUT2D eigenvalue weighted by Gasteiger charge is 2.66. The van der Waals surface area contributed by atoms with Crippen LogP contribution in [-0.2, 0) is 25.8 Å². The van der Waals surface area contributed by atoms with Crippen molar-refractivity contribution in [3.8, 4) is 5.75 Å². The van der Waals surface area contributed by atoms with Crippen molar-refractivity contribution in [3.63, 3.8) is 0 Å². The molecule has 0 aromatic heterocycles. The number of imide groups is 1. The summed E-state index contributed by atoms with van der Waals surface area (Å²) in [6.07, 6.45) is 0.646. The maximum absolute atomic E-state index is 13.9. The van der Waals surface area contributed by atoms with Gasteiger partial charge >= 0.3 is 0 Å². The van der Waals surface area contributed by atoms with Crippen LogP contribution in [0, 0.1) is 11.8 Å². The van der Waals surface area contributed by atoms with Crippen LogP contribution in [0.25, 0.3) is 0 Å². The third-order valence-electron chi connectivity index (χ3n) is 7.58. The van der Waals surface area contributed by atoms with E-state index in [9.17, 15) is 14.4 Å². The van der Waals surface area contributed by atoms with Crippen molar-refractivity contribution in [2.45, 2.75) is 24.7 Å². The van der Waals surface area contributed by atoms with Crippen molar-refractivity contribution in [1.82, 2.24) is 5.06 Å². The smallest absolute Gasteiger partial charge is 0.265 e. The number of carbonyl (C=O) groups is 3. The fourth-order valence-corrected chi connectivity index (χ4v) is 5.80. The number of hydrogen-bond acceptors (Lipinski definition) is 6. The summed E-state index contributed by atoms with van der Waals surface area (Å²) in [5.74, 6) is -1.49. The molecule has 0 aliphatic carbocycles. The highest BCUT2D eigenvalue weighted by Crippen LogP contribution is 2.47. The van der Waals surface area contributed by atoms with E-state index in [-0.39, 0.29) is 11.8 Å². The topological polar surface area (TPSA) is 79.4 Å². The molecule has 3 fully saturated rings. The predicted molar refractivity (Wildman–Crippen MR) is 141 cm³/mol. The minimum absolute atomic E-state index is 0.116. The number of hydrogen-bond donors (Lipinski definition) is 0. The van der Waals surface area contributed by atoms with Gasteiger partial charge in [-0.1, -0.05) is 54.6 Å². The van der Waals surface area contributed by atoms with Gasteiger partial charge in [-0.2, -0.15) is 5.06 Å². The lowest BCUT2D eigenvalue weighted by atomic mass is 9.76. The highest BCUT2D eigenvalue weighted by molar-refractivity contribution is 6.23. The Hall–Kier alpha value is -4.27. The molecule has 3 aliphatic heterocycles. The molecule has 3 aromatic rings. The molecule has 8 nitrogen and oxygen atoms in total. The van der Waals surface area contributed by atoms with E-state index in [0.29, 0.717) is 23.7 Å². The standard InChI is InChI=1S/C30H27N3O5/c1-3-23-25(32(28(23)34)21-14-16-22(37-2)17-15-21)26-24-27(38-31(26)18-19-10-6-4-7-11-19)30(36)33(29(24)35)20-12-8-5-9-13-20/h3-17,23-27H,1,18H2,2H3/t23-,24+,25-,26-,27-/m1/s1. The van der Waals surface area contributed by atoms with Gasteiger partial charge in [-0.3, -0.25) is 19.2 Å². The van der Waals surface area contributed by atoms with Gasteiger partial charge in [0.2, 0.25) is 11.8 Å². The third-order valence-corrected chi connectivity index (χ3v) is 7.58. The number of ether oxygens (including phenoxy) is 1. The van der Waals surface area contributed by atoms with E-state index in [4.69, 9.17) is 9.57 Å². The molecule has 5 atom stereocenters. The minimum atomic E-state index is -0.977. The first-order valence-electron chi connectivity index (χ1n) is 12.5. The van der Waals surface area contributed by atoms with Crippen molar-refractivity contribution < 1.29 is 24.0 Å². The lowest BCUT2D eigenvalue weighted by Crippen LogP contribution is -2.69. The maximum atomic E-state index is 13.9. The van der Waals surface area contributed by atoms with Gasteiger partial charge < -0.3 is 9.64 Å². The van der Waals surface area contributed by atoms with E-state index >= 15 is 0 Å².